The molecule has 17 unspecified atom stereocenters. The van der Waals surface area contributed by atoms with Gasteiger partial charge in [-0.2, -0.15) is 0 Å². The van der Waals surface area contributed by atoms with Crippen molar-refractivity contribution in [1.29, 1.82) is 0 Å². The highest BCUT2D eigenvalue weighted by atomic mass is 16.8. The number of amides is 1. The van der Waals surface area contributed by atoms with Gasteiger partial charge < -0.3 is 89.9 Å². The molecule has 0 aromatic rings. The predicted molar refractivity (Wildman–Crippen MR) is 310 cm³/mol. The highest BCUT2D eigenvalue weighted by molar-refractivity contribution is 5.76. The van der Waals surface area contributed by atoms with E-state index >= 15 is 0 Å². The van der Waals surface area contributed by atoms with E-state index in [2.05, 4.69) is 31.3 Å². The first-order valence-corrected chi connectivity index (χ1v) is 32.1. The summed E-state index contributed by atoms with van der Waals surface area (Å²) in [6.07, 6.45) is 21.5. The molecule has 19 nitrogen and oxygen atoms in total. The second-order valence-corrected chi connectivity index (χ2v) is 23.2. The van der Waals surface area contributed by atoms with Crippen molar-refractivity contribution in [2.75, 3.05) is 26.4 Å². The van der Waals surface area contributed by atoms with Crippen LogP contribution >= 0.6 is 0 Å². The Balaban J connectivity index is 1.49. The summed E-state index contributed by atoms with van der Waals surface area (Å²) in [5.74, 6) is -0.279. The van der Waals surface area contributed by atoms with Crippen LogP contribution in [0.4, 0.5) is 0 Å². The molecule has 0 aromatic heterocycles. The van der Waals surface area contributed by atoms with Crippen LogP contribution in [0.5, 0.6) is 0 Å². The molecule has 12 N–H and O–H groups in total. The Morgan fingerprint density at radius 3 is 1.20 bits per heavy atom. The fourth-order valence-corrected chi connectivity index (χ4v) is 11.0. The second-order valence-electron chi connectivity index (χ2n) is 23.2. The first-order chi connectivity index (χ1) is 39.3. The molecule has 0 aromatic carbocycles. The lowest BCUT2D eigenvalue weighted by Gasteiger charge is -2.48. The van der Waals surface area contributed by atoms with Crippen molar-refractivity contribution in [1.82, 2.24) is 5.32 Å². The Morgan fingerprint density at radius 2 is 0.778 bits per heavy atom. The van der Waals surface area contributed by atoms with E-state index in [9.17, 15) is 61.0 Å². The van der Waals surface area contributed by atoms with Crippen molar-refractivity contribution in [3.63, 3.8) is 0 Å². The maximum absolute atomic E-state index is 13.3. The largest absolute Gasteiger partial charge is 0.394 e. The predicted octanol–water partition coefficient (Wildman–Crippen LogP) is 6.71. The molecular weight excluding hydrogens is 1050 g/mol. The van der Waals surface area contributed by atoms with E-state index in [0.717, 1.165) is 57.8 Å². The van der Waals surface area contributed by atoms with Crippen molar-refractivity contribution in [3.8, 4) is 0 Å². The number of hydrogen-bond acceptors (Lipinski definition) is 18. The smallest absolute Gasteiger partial charge is 0.220 e. The minimum absolute atomic E-state index is 0.240. The summed E-state index contributed by atoms with van der Waals surface area (Å²) in [5, 5.41) is 120. The molecule has 0 saturated carbocycles. The number of aliphatic hydroxyl groups is 11. The van der Waals surface area contributed by atoms with Gasteiger partial charge in [-0.05, 0) is 44.9 Å². The lowest BCUT2D eigenvalue weighted by atomic mass is 9.96. The quantitative estimate of drug-likeness (QED) is 0.0222. The highest BCUT2D eigenvalue weighted by Gasteiger charge is 2.53. The normalized spacial score (nSPS) is 29.9. The van der Waals surface area contributed by atoms with Gasteiger partial charge >= 0.3 is 0 Å². The molecule has 1 amide bonds. The van der Waals surface area contributed by atoms with Crippen molar-refractivity contribution < 1.29 is 89.4 Å². The molecule has 3 fully saturated rings. The fraction of sp³-hybridized carbons (Fsp3) is 0.919. The fourth-order valence-electron chi connectivity index (χ4n) is 11.0. The number of carbonyl (C=O) groups excluding carboxylic acids is 1. The summed E-state index contributed by atoms with van der Waals surface area (Å²) in [6.45, 7) is 1.73. The number of rotatable bonds is 48. The van der Waals surface area contributed by atoms with Crippen LogP contribution in [0.15, 0.2) is 24.3 Å². The Labute approximate surface area is 486 Å². The Bertz CT molecular complexity index is 1580. The highest BCUT2D eigenvalue weighted by Crippen LogP contribution is 2.33. The maximum Gasteiger partial charge on any atom is 0.220 e. The van der Waals surface area contributed by atoms with Crippen LogP contribution in [0.3, 0.4) is 0 Å². The van der Waals surface area contributed by atoms with Gasteiger partial charge in [0, 0.05) is 6.42 Å². The SMILES string of the molecule is CCCCCCCC/C=C\CCCCCCCCCC(=O)NC(COC1OC(CO)C(OC2OC(CO)C(OC3OC(CO)C(O)C(O)C3O)C(O)C2O)C(O)C1O)C(O)/C=C/CCCCCCCCCCCCCCCCCCC. The topological polar surface area (TPSA) is 307 Å². The molecule has 3 rings (SSSR count). The number of ether oxygens (including phenoxy) is 6. The van der Waals surface area contributed by atoms with Crippen molar-refractivity contribution in [2.45, 2.75) is 336 Å². The summed E-state index contributed by atoms with van der Waals surface area (Å²) >= 11 is 0. The summed E-state index contributed by atoms with van der Waals surface area (Å²) in [6, 6.07) is -0.973. The van der Waals surface area contributed by atoms with Crippen LogP contribution in [0, 0.1) is 0 Å². The summed E-state index contributed by atoms with van der Waals surface area (Å²) in [5.41, 5.74) is 0. The zero-order chi connectivity index (χ0) is 59.0. The Hall–Kier alpha value is -1.73. The standard InChI is InChI=1S/C62H115NO18/c1-3-5-7-9-11-13-15-17-19-21-22-24-25-27-29-31-33-35-37-39-46(67)45(63-50(68)40-38-36-34-32-30-28-26-23-20-18-16-14-12-10-8-6-4-2)44-76-60-56(74)53(71)58(48(42-65)78-60)81-62-57(75)54(72)59(49(43-66)79-62)80-61-55(73)52(70)51(69)47(41-64)77-61/h18,20,37,39,45-49,51-62,64-67,69-75H,3-17,19,21-36,38,40-44H2,1-2H3,(H,63,68)/b20-18-,39-37+. The van der Waals surface area contributed by atoms with Crippen LogP contribution in [0.1, 0.15) is 232 Å². The van der Waals surface area contributed by atoms with E-state index in [1.165, 1.54) is 148 Å². The molecule has 3 heterocycles. The maximum atomic E-state index is 13.3. The molecule has 19 heteroatoms. The first kappa shape index (κ1) is 73.5. The lowest BCUT2D eigenvalue weighted by molar-refractivity contribution is -0.379. The van der Waals surface area contributed by atoms with Gasteiger partial charge in [0.25, 0.3) is 0 Å². The Kier molecular flexibility index (Phi) is 41.4. The molecule has 0 bridgehead atoms. The molecule has 81 heavy (non-hydrogen) atoms. The van der Waals surface area contributed by atoms with E-state index in [1.807, 2.05) is 6.08 Å². The van der Waals surface area contributed by atoms with Gasteiger partial charge in [0.1, 0.15) is 73.2 Å². The van der Waals surface area contributed by atoms with E-state index < -0.39 is 124 Å². The summed E-state index contributed by atoms with van der Waals surface area (Å²) in [4.78, 5) is 13.3. The van der Waals surface area contributed by atoms with E-state index in [-0.39, 0.29) is 18.9 Å². The molecule has 17 atom stereocenters. The molecular formula is C62H115NO18. The lowest BCUT2D eigenvalue weighted by Crippen LogP contribution is -2.66. The van der Waals surface area contributed by atoms with Crippen LogP contribution in [0.25, 0.3) is 0 Å². The third kappa shape index (κ3) is 29.0. The average molecular weight is 1160 g/mol. The molecule has 476 valence electrons. The minimum atomic E-state index is -1.98. The van der Waals surface area contributed by atoms with Gasteiger partial charge in [0.05, 0.1) is 38.6 Å². The van der Waals surface area contributed by atoms with E-state index in [4.69, 9.17) is 28.4 Å². The van der Waals surface area contributed by atoms with Gasteiger partial charge in [-0.3, -0.25) is 4.79 Å². The van der Waals surface area contributed by atoms with Crippen LogP contribution in [0.2, 0.25) is 0 Å². The number of allylic oxidation sites excluding steroid dienone is 3. The van der Waals surface area contributed by atoms with Crippen LogP contribution in [-0.4, -0.2) is 193 Å². The number of nitrogens with one attached hydrogen (secondary N) is 1. The van der Waals surface area contributed by atoms with Gasteiger partial charge in [-0.25, -0.2) is 0 Å². The van der Waals surface area contributed by atoms with Crippen LogP contribution in [-0.2, 0) is 33.2 Å². The second kappa shape index (κ2) is 45.6. The van der Waals surface area contributed by atoms with Gasteiger partial charge in [-0.1, -0.05) is 205 Å². The van der Waals surface area contributed by atoms with E-state index in [1.54, 1.807) is 6.08 Å². The monoisotopic (exact) mass is 1160 g/mol. The van der Waals surface area contributed by atoms with Crippen LogP contribution < -0.4 is 5.32 Å². The number of hydrogen-bond donors (Lipinski definition) is 12. The first-order valence-electron chi connectivity index (χ1n) is 32.1. The number of unbranched alkanes of at least 4 members (excludes halogenated alkanes) is 30. The van der Waals surface area contributed by atoms with E-state index in [0.29, 0.717) is 6.42 Å². The third-order valence-corrected chi connectivity index (χ3v) is 16.2. The minimum Gasteiger partial charge on any atom is -0.394 e. The molecule has 0 aliphatic carbocycles. The van der Waals surface area contributed by atoms with Crippen molar-refractivity contribution >= 4 is 5.91 Å². The zero-order valence-corrected chi connectivity index (χ0v) is 49.8. The third-order valence-electron chi connectivity index (χ3n) is 16.2. The average Bonchev–Trinajstić information content (AvgIpc) is 3.47. The van der Waals surface area contributed by atoms with Crippen molar-refractivity contribution in [2.24, 2.45) is 0 Å². The Morgan fingerprint density at radius 1 is 0.432 bits per heavy atom. The number of aliphatic hydroxyl groups excluding tert-OH is 11. The van der Waals surface area contributed by atoms with Gasteiger partial charge in [-0.15, -0.1) is 0 Å². The molecule has 3 aliphatic rings. The summed E-state index contributed by atoms with van der Waals surface area (Å²) in [7, 11) is 0. The van der Waals surface area contributed by atoms with Gasteiger partial charge in [0.2, 0.25) is 5.91 Å². The van der Waals surface area contributed by atoms with Gasteiger partial charge in [0.15, 0.2) is 18.9 Å². The summed E-state index contributed by atoms with van der Waals surface area (Å²) < 4.78 is 34.3. The molecule has 0 radical (unpaired) electrons. The molecule has 3 saturated heterocycles. The zero-order valence-electron chi connectivity index (χ0n) is 49.8. The molecule has 0 spiro atoms. The van der Waals surface area contributed by atoms with Crippen molar-refractivity contribution in [3.05, 3.63) is 24.3 Å². The molecule has 3 aliphatic heterocycles. The number of carbonyl (C=O) groups is 1.